The number of hydrogen-bond acceptors (Lipinski definition) is 7. The smallest absolute Gasteiger partial charge is 0.410 e. The van der Waals surface area contributed by atoms with Crippen molar-refractivity contribution in [2.45, 2.75) is 52.7 Å². The van der Waals surface area contributed by atoms with Gasteiger partial charge in [0.15, 0.2) is 5.82 Å². The molecule has 0 radical (unpaired) electrons. The van der Waals surface area contributed by atoms with Crippen LogP contribution in [-0.2, 0) is 11.2 Å². The zero-order valence-corrected chi connectivity index (χ0v) is 15.1. The Bertz CT molecular complexity index is 674. The summed E-state index contributed by atoms with van der Waals surface area (Å²) in [5.74, 6) is 0.935. The quantitative estimate of drug-likeness (QED) is 0.851. The number of aromatic nitrogens is 3. The van der Waals surface area contributed by atoms with Crippen LogP contribution < -0.4 is 0 Å². The van der Waals surface area contributed by atoms with Gasteiger partial charge in [0.1, 0.15) is 11.3 Å². The molecule has 0 N–H and O–H groups in total. The SMILES string of the molecule is Cc1nc(-c2nc(C[C@H](C)N(C)C(=O)OC(C)(C)C)no2)cs1. The molecule has 2 rings (SSSR count). The van der Waals surface area contributed by atoms with E-state index in [0.717, 1.165) is 5.01 Å². The number of carbonyl (C=O) groups excluding carboxylic acids is 1. The summed E-state index contributed by atoms with van der Waals surface area (Å²) in [6.45, 7) is 9.34. The van der Waals surface area contributed by atoms with Gasteiger partial charge in [0, 0.05) is 24.9 Å². The number of nitrogens with zero attached hydrogens (tertiary/aromatic N) is 4. The second-order valence-corrected chi connectivity index (χ2v) is 7.47. The van der Waals surface area contributed by atoms with Crippen molar-refractivity contribution in [1.29, 1.82) is 0 Å². The van der Waals surface area contributed by atoms with Gasteiger partial charge < -0.3 is 14.2 Å². The maximum atomic E-state index is 12.1. The molecule has 7 nitrogen and oxygen atoms in total. The number of ether oxygens (including phenoxy) is 1. The van der Waals surface area contributed by atoms with E-state index in [1.54, 1.807) is 7.05 Å². The van der Waals surface area contributed by atoms with Gasteiger partial charge in [0.2, 0.25) is 0 Å². The van der Waals surface area contributed by atoms with Crippen LogP contribution in [-0.4, -0.2) is 44.8 Å². The van der Waals surface area contributed by atoms with Crippen LogP contribution in [0.5, 0.6) is 0 Å². The molecule has 0 aromatic carbocycles. The van der Waals surface area contributed by atoms with Crippen LogP contribution in [0.1, 0.15) is 38.5 Å². The lowest BCUT2D eigenvalue weighted by Gasteiger charge is -2.28. The number of aryl methyl sites for hydroxylation is 1. The molecule has 1 amide bonds. The number of likely N-dealkylation sites (N-methyl/N-ethyl adjacent to an activating group) is 1. The second-order valence-electron chi connectivity index (χ2n) is 6.41. The van der Waals surface area contributed by atoms with Gasteiger partial charge in [-0.15, -0.1) is 11.3 Å². The Hall–Kier alpha value is -1.96. The molecule has 2 aromatic heterocycles. The predicted octanol–water partition coefficient (Wildman–Crippen LogP) is 3.30. The summed E-state index contributed by atoms with van der Waals surface area (Å²) < 4.78 is 10.6. The number of rotatable bonds is 4. The number of amides is 1. The maximum Gasteiger partial charge on any atom is 0.410 e. The van der Waals surface area contributed by atoms with Crippen LogP contribution >= 0.6 is 11.3 Å². The molecule has 1 atom stereocenters. The van der Waals surface area contributed by atoms with Gasteiger partial charge in [-0.1, -0.05) is 5.16 Å². The summed E-state index contributed by atoms with van der Waals surface area (Å²) in [5.41, 5.74) is 0.159. The van der Waals surface area contributed by atoms with Crippen LogP contribution in [0.25, 0.3) is 11.6 Å². The minimum absolute atomic E-state index is 0.118. The highest BCUT2D eigenvalue weighted by Crippen LogP contribution is 2.20. The topological polar surface area (TPSA) is 81.4 Å². The van der Waals surface area contributed by atoms with Crippen molar-refractivity contribution in [3.63, 3.8) is 0 Å². The lowest BCUT2D eigenvalue weighted by Crippen LogP contribution is -2.40. The molecular weight excluding hydrogens is 316 g/mol. The summed E-state index contributed by atoms with van der Waals surface area (Å²) >= 11 is 1.53. The molecular formula is C15H22N4O3S. The van der Waals surface area contributed by atoms with E-state index in [1.165, 1.54) is 16.2 Å². The lowest BCUT2D eigenvalue weighted by atomic mass is 10.2. The fourth-order valence-corrected chi connectivity index (χ4v) is 2.40. The van der Waals surface area contributed by atoms with Crippen LogP contribution in [0.3, 0.4) is 0 Å². The number of carbonyl (C=O) groups is 1. The van der Waals surface area contributed by atoms with Crippen LogP contribution in [0.4, 0.5) is 4.79 Å². The van der Waals surface area contributed by atoms with Crippen molar-refractivity contribution in [3.8, 4) is 11.6 Å². The molecule has 0 aliphatic rings. The molecule has 126 valence electrons. The highest BCUT2D eigenvalue weighted by atomic mass is 32.1. The Morgan fingerprint density at radius 1 is 1.43 bits per heavy atom. The largest absolute Gasteiger partial charge is 0.444 e. The van der Waals surface area contributed by atoms with Gasteiger partial charge in [0.25, 0.3) is 5.89 Å². The highest BCUT2D eigenvalue weighted by molar-refractivity contribution is 7.09. The second kappa shape index (κ2) is 6.66. The molecule has 2 aromatic rings. The summed E-state index contributed by atoms with van der Waals surface area (Å²) in [6.07, 6.45) is 0.103. The molecule has 0 saturated heterocycles. The van der Waals surface area contributed by atoms with Gasteiger partial charge in [0.05, 0.1) is 5.01 Å². The minimum atomic E-state index is -0.521. The van der Waals surface area contributed by atoms with Crippen molar-refractivity contribution < 1.29 is 14.1 Å². The molecule has 0 spiro atoms. The van der Waals surface area contributed by atoms with E-state index in [9.17, 15) is 4.79 Å². The third-order valence-electron chi connectivity index (χ3n) is 3.13. The first kappa shape index (κ1) is 17.4. The fourth-order valence-electron chi connectivity index (χ4n) is 1.82. The lowest BCUT2D eigenvalue weighted by molar-refractivity contribution is 0.0234. The third kappa shape index (κ3) is 4.75. The molecule has 0 aliphatic carbocycles. The number of hydrogen-bond donors (Lipinski definition) is 0. The van der Waals surface area contributed by atoms with E-state index in [0.29, 0.717) is 23.8 Å². The molecule has 0 saturated carbocycles. The highest BCUT2D eigenvalue weighted by Gasteiger charge is 2.24. The predicted molar refractivity (Wildman–Crippen MR) is 87.3 cm³/mol. The Kier molecular flexibility index (Phi) is 5.03. The van der Waals surface area contributed by atoms with E-state index in [-0.39, 0.29) is 12.1 Å². The summed E-state index contributed by atoms with van der Waals surface area (Å²) in [6, 6.07) is -0.118. The van der Waals surface area contributed by atoms with Gasteiger partial charge in [-0.05, 0) is 34.6 Å². The van der Waals surface area contributed by atoms with Crippen molar-refractivity contribution >= 4 is 17.4 Å². The monoisotopic (exact) mass is 338 g/mol. The Morgan fingerprint density at radius 2 is 2.13 bits per heavy atom. The Labute approximate surface area is 139 Å². The Balaban J connectivity index is 1.99. The average molecular weight is 338 g/mol. The first-order valence-electron chi connectivity index (χ1n) is 7.36. The van der Waals surface area contributed by atoms with Crippen molar-refractivity contribution in [2.24, 2.45) is 0 Å². The van der Waals surface area contributed by atoms with E-state index in [1.807, 2.05) is 40.0 Å². The minimum Gasteiger partial charge on any atom is -0.444 e. The van der Waals surface area contributed by atoms with Gasteiger partial charge in [-0.2, -0.15) is 4.98 Å². The zero-order chi connectivity index (χ0) is 17.2. The van der Waals surface area contributed by atoms with Gasteiger partial charge in [-0.25, -0.2) is 9.78 Å². The first-order chi connectivity index (χ1) is 10.7. The fraction of sp³-hybridized carbons (Fsp3) is 0.600. The molecule has 23 heavy (non-hydrogen) atoms. The van der Waals surface area contributed by atoms with Crippen LogP contribution in [0.2, 0.25) is 0 Å². The molecule has 0 bridgehead atoms. The summed E-state index contributed by atoms with van der Waals surface area (Å²) in [4.78, 5) is 22.2. The van der Waals surface area contributed by atoms with Gasteiger partial charge >= 0.3 is 6.09 Å². The third-order valence-corrected chi connectivity index (χ3v) is 3.90. The zero-order valence-electron chi connectivity index (χ0n) is 14.3. The average Bonchev–Trinajstić information content (AvgIpc) is 3.04. The molecule has 0 fully saturated rings. The van der Waals surface area contributed by atoms with Crippen LogP contribution in [0, 0.1) is 6.92 Å². The summed E-state index contributed by atoms with van der Waals surface area (Å²) in [7, 11) is 1.70. The number of thiazole rings is 1. The van der Waals surface area contributed by atoms with Crippen molar-refractivity contribution in [1.82, 2.24) is 20.0 Å². The normalized spacial score (nSPS) is 13.0. The van der Waals surface area contributed by atoms with Crippen molar-refractivity contribution in [3.05, 3.63) is 16.2 Å². The first-order valence-corrected chi connectivity index (χ1v) is 8.24. The molecule has 8 heteroatoms. The van der Waals surface area contributed by atoms with E-state index >= 15 is 0 Å². The van der Waals surface area contributed by atoms with Crippen molar-refractivity contribution in [2.75, 3.05) is 7.05 Å². The standard InChI is InChI=1S/C15H22N4O3S/c1-9(19(6)14(20)21-15(3,4)5)7-12-17-13(22-18-12)11-8-23-10(2)16-11/h8-9H,7H2,1-6H3/t9-/m0/s1. The summed E-state index contributed by atoms with van der Waals surface area (Å²) in [5, 5.41) is 6.78. The molecule has 0 aliphatic heterocycles. The maximum absolute atomic E-state index is 12.1. The molecule has 0 unspecified atom stereocenters. The molecule has 2 heterocycles. The van der Waals surface area contributed by atoms with Crippen LogP contribution in [0.15, 0.2) is 9.90 Å². The van der Waals surface area contributed by atoms with E-state index in [4.69, 9.17) is 9.26 Å². The van der Waals surface area contributed by atoms with Gasteiger partial charge in [-0.3, -0.25) is 0 Å². The van der Waals surface area contributed by atoms with E-state index in [2.05, 4.69) is 15.1 Å². The Morgan fingerprint density at radius 3 is 2.70 bits per heavy atom. The van der Waals surface area contributed by atoms with E-state index < -0.39 is 5.60 Å².